The number of carbonyl (C=O) groups excluding carboxylic acids is 1. The average Bonchev–Trinajstić information content (AvgIpc) is 3.34. The number of hydrogen-bond acceptors (Lipinski definition) is 11. The Labute approximate surface area is 427 Å². The third-order valence-electron chi connectivity index (χ3n) is 12.9. The largest absolute Gasteiger partial charge is 0.457 e. The van der Waals surface area contributed by atoms with E-state index in [1.165, 1.54) is 161 Å². The number of hydrogen-bond donors (Lipinski definition) is 4. The van der Waals surface area contributed by atoms with Crippen LogP contribution >= 0.6 is 0 Å². The van der Waals surface area contributed by atoms with Crippen LogP contribution in [0.1, 0.15) is 245 Å². The highest BCUT2D eigenvalue weighted by atomic mass is 32.3. The van der Waals surface area contributed by atoms with Gasteiger partial charge in [-0.15, -0.1) is 0 Å². The minimum absolute atomic E-state index is 0.0326. The van der Waals surface area contributed by atoms with Crippen LogP contribution in [0.25, 0.3) is 0 Å². The quantitative estimate of drug-likeness (QED) is 0.0196. The zero-order chi connectivity index (χ0) is 51.0. The molecule has 1 fully saturated rings. The van der Waals surface area contributed by atoms with Gasteiger partial charge < -0.3 is 34.3 Å². The lowest BCUT2D eigenvalue weighted by atomic mass is 9.99. The molecular weight excluding hydrogens is 909 g/mol. The Morgan fingerprint density at radius 2 is 0.943 bits per heavy atom. The lowest BCUT2D eigenvalue weighted by Gasteiger charge is -2.41. The van der Waals surface area contributed by atoms with E-state index in [9.17, 15) is 33.1 Å². The van der Waals surface area contributed by atoms with Crippen LogP contribution in [-0.2, 0) is 38.3 Å². The molecule has 0 aromatic heterocycles. The first-order valence-electron chi connectivity index (χ1n) is 28.4. The van der Waals surface area contributed by atoms with Crippen molar-refractivity contribution in [3.05, 3.63) is 48.6 Å². The van der Waals surface area contributed by atoms with Crippen molar-refractivity contribution in [2.24, 2.45) is 0 Å². The van der Waals surface area contributed by atoms with Gasteiger partial charge in [-0.1, -0.05) is 210 Å². The summed E-state index contributed by atoms with van der Waals surface area (Å²) in [5.74, 6) is -0.402. The van der Waals surface area contributed by atoms with E-state index in [-0.39, 0.29) is 19.6 Å². The lowest BCUT2D eigenvalue weighted by molar-refractivity contribution is -0.301. The summed E-state index contributed by atoms with van der Waals surface area (Å²) in [4.78, 5) is 13.0. The van der Waals surface area contributed by atoms with E-state index in [0.29, 0.717) is 13.0 Å². The number of unbranched alkanes of at least 4 members (excludes halogenated alkanes) is 29. The van der Waals surface area contributed by atoms with Crippen LogP contribution in [0.3, 0.4) is 0 Å². The van der Waals surface area contributed by atoms with Crippen molar-refractivity contribution >= 4 is 16.4 Å². The highest BCUT2D eigenvalue weighted by molar-refractivity contribution is 7.80. The molecule has 0 aliphatic carbocycles. The summed E-state index contributed by atoms with van der Waals surface area (Å²) in [7, 11) is -5.07. The van der Waals surface area contributed by atoms with Gasteiger partial charge >= 0.3 is 16.4 Å². The number of esters is 1. The summed E-state index contributed by atoms with van der Waals surface area (Å²) in [5.41, 5.74) is 0. The van der Waals surface area contributed by atoms with Gasteiger partial charge in [0.1, 0.15) is 30.5 Å². The number of aliphatic hydroxyl groups is 3. The molecule has 1 rings (SSSR count). The monoisotopic (exact) mass is 1010 g/mol. The molecule has 0 saturated carbocycles. The molecule has 0 bridgehead atoms. The molecule has 1 aliphatic heterocycles. The van der Waals surface area contributed by atoms with Crippen molar-refractivity contribution in [1.29, 1.82) is 0 Å². The summed E-state index contributed by atoms with van der Waals surface area (Å²) in [6.07, 6.45) is 51.4. The molecule has 0 amide bonds. The number of rotatable bonds is 50. The predicted molar refractivity (Wildman–Crippen MR) is 285 cm³/mol. The van der Waals surface area contributed by atoms with Crippen molar-refractivity contribution in [1.82, 2.24) is 0 Å². The fourth-order valence-electron chi connectivity index (χ4n) is 8.62. The number of ether oxygens (including phenoxy) is 4. The lowest BCUT2D eigenvalue weighted by Crippen LogP contribution is -2.60. The molecule has 13 heteroatoms. The SMILES string of the molecule is CCCCCCC/C=C\C/C=C\C/C=C\CCCCCCCCCCCCC(=O)OC(COCCCCCCCCCC/C=C\CCCCCCCC)COC1OC(CO)C(O)C(OS(=O)(=O)O)C1O. The second-order valence-corrected chi connectivity index (χ2v) is 20.6. The van der Waals surface area contributed by atoms with Gasteiger partial charge in [0.25, 0.3) is 0 Å². The Morgan fingerprint density at radius 1 is 0.543 bits per heavy atom. The van der Waals surface area contributed by atoms with Gasteiger partial charge in [-0.3, -0.25) is 9.35 Å². The molecule has 6 unspecified atom stereocenters. The van der Waals surface area contributed by atoms with E-state index < -0.39 is 59.8 Å². The number of carbonyl (C=O) groups is 1. The van der Waals surface area contributed by atoms with Crippen LogP contribution in [0.4, 0.5) is 0 Å². The first-order valence-corrected chi connectivity index (χ1v) is 29.8. The Morgan fingerprint density at radius 3 is 1.39 bits per heavy atom. The normalized spacial score (nSPS) is 19.4. The van der Waals surface area contributed by atoms with Gasteiger partial charge in [0.15, 0.2) is 6.29 Å². The summed E-state index contributed by atoms with van der Waals surface area (Å²) in [6.45, 7) is 4.00. The first-order chi connectivity index (χ1) is 34.1. The van der Waals surface area contributed by atoms with E-state index in [4.69, 9.17) is 18.9 Å². The second-order valence-electron chi connectivity index (χ2n) is 19.5. The van der Waals surface area contributed by atoms with E-state index in [1.807, 2.05) is 0 Å². The summed E-state index contributed by atoms with van der Waals surface area (Å²) >= 11 is 0. The van der Waals surface area contributed by atoms with E-state index in [1.54, 1.807) is 0 Å². The fraction of sp³-hybridized carbons (Fsp3) is 0.842. The molecule has 1 heterocycles. The zero-order valence-corrected chi connectivity index (χ0v) is 45.1. The average molecular weight is 1010 g/mol. The van der Waals surface area contributed by atoms with E-state index in [0.717, 1.165) is 57.8 Å². The maximum absolute atomic E-state index is 13.0. The van der Waals surface area contributed by atoms with Crippen LogP contribution in [0, 0.1) is 0 Å². The van der Waals surface area contributed by atoms with Crippen molar-refractivity contribution in [2.45, 2.75) is 282 Å². The molecule has 0 radical (unpaired) electrons. The Bertz CT molecular complexity index is 1400. The van der Waals surface area contributed by atoms with Gasteiger partial charge in [-0.25, -0.2) is 4.18 Å². The highest BCUT2D eigenvalue weighted by Gasteiger charge is 2.48. The Kier molecular flexibility index (Phi) is 45.3. The molecule has 70 heavy (non-hydrogen) atoms. The molecular formula is C57H104O12S. The maximum Gasteiger partial charge on any atom is 0.397 e. The van der Waals surface area contributed by atoms with E-state index >= 15 is 0 Å². The van der Waals surface area contributed by atoms with Gasteiger partial charge in [0.05, 0.1) is 19.8 Å². The Balaban J connectivity index is 2.31. The molecule has 6 atom stereocenters. The molecule has 0 aromatic rings. The molecule has 0 spiro atoms. The molecule has 1 aliphatic rings. The number of allylic oxidation sites excluding steroid dienone is 8. The van der Waals surface area contributed by atoms with Crippen molar-refractivity contribution in [3.63, 3.8) is 0 Å². The standard InChI is InChI=1S/C57H104O12S/c1-3-5-7-9-11-13-15-17-19-21-23-24-25-26-27-28-29-30-32-34-36-38-40-42-44-46-53(59)67-51(50-66-57-55(61)56(69-70(62,63)64)54(60)52(48-58)68-57)49-65-47-45-43-41-39-37-35-33-31-22-20-18-16-14-12-10-8-6-4-2/h15,17-18,20-21,23,25-26,51-52,54-58,60-61H,3-14,16,19,22,24,27-50H2,1-2H3,(H,62,63,64)/b17-15-,20-18-,23-21-,26-25-. The third kappa shape index (κ3) is 40.5. The predicted octanol–water partition coefficient (Wildman–Crippen LogP) is 13.9. The smallest absolute Gasteiger partial charge is 0.397 e. The van der Waals surface area contributed by atoms with Crippen LogP contribution in [0.2, 0.25) is 0 Å². The van der Waals surface area contributed by atoms with Crippen molar-refractivity contribution in [3.8, 4) is 0 Å². The highest BCUT2D eigenvalue weighted by Crippen LogP contribution is 2.26. The molecule has 410 valence electrons. The van der Waals surface area contributed by atoms with Crippen LogP contribution in [0.15, 0.2) is 48.6 Å². The first kappa shape index (κ1) is 66.1. The summed E-state index contributed by atoms with van der Waals surface area (Å²) in [5, 5.41) is 30.8. The second kappa shape index (κ2) is 48.0. The van der Waals surface area contributed by atoms with Gasteiger partial charge in [-0.2, -0.15) is 8.42 Å². The summed E-state index contributed by atoms with van der Waals surface area (Å²) in [6, 6.07) is 0. The van der Waals surface area contributed by atoms with Crippen molar-refractivity contribution < 1.29 is 56.2 Å². The Hall–Kier alpha value is -1.94. The van der Waals surface area contributed by atoms with E-state index in [2.05, 4.69) is 66.6 Å². The van der Waals surface area contributed by atoms with Crippen LogP contribution < -0.4 is 0 Å². The maximum atomic E-state index is 13.0. The summed E-state index contributed by atoms with van der Waals surface area (Å²) < 4.78 is 59.4. The molecule has 1 saturated heterocycles. The number of aliphatic hydroxyl groups excluding tert-OH is 3. The topological polar surface area (TPSA) is 178 Å². The van der Waals surface area contributed by atoms with Crippen LogP contribution in [0.5, 0.6) is 0 Å². The fourth-order valence-corrected chi connectivity index (χ4v) is 9.13. The minimum atomic E-state index is -5.07. The minimum Gasteiger partial charge on any atom is -0.457 e. The molecule has 4 N–H and O–H groups in total. The zero-order valence-electron chi connectivity index (χ0n) is 44.3. The third-order valence-corrected chi connectivity index (χ3v) is 13.4. The van der Waals surface area contributed by atoms with Crippen LogP contribution in [-0.4, -0.2) is 97.5 Å². The molecule has 0 aromatic carbocycles. The van der Waals surface area contributed by atoms with Gasteiger partial charge in [-0.05, 0) is 77.0 Å². The van der Waals surface area contributed by atoms with Gasteiger partial charge in [0, 0.05) is 13.0 Å². The van der Waals surface area contributed by atoms with Crippen molar-refractivity contribution in [2.75, 3.05) is 26.4 Å². The van der Waals surface area contributed by atoms with Gasteiger partial charge in [0.2, 0.25) is 0 Å². The molecule has 12 nitrogen and oxygen atoms in total.